The summed E-state index contributed by atoms with van der Waals surface area (Å²) < 4.78 is 0. The quantitative estimate of drug-likeness (QED) is 0.735. The zero-order chi connectivity index (χ0) is 9.52. The average Bonchev–Trinajstić information content (AvgIpc) is 2.17. The molecule has 0 fully saturated rings. The molecule has 0 radical (unpaired) electrons. The molecule has 0 heterocycles. The van der Waals surface area contributed by atoms with Crippen LogP contribution < -0.4 is 5.73 Å². The number of hydrogen-bond donors (Lipinski definition) is 1. The van der Waals surface area contributed by atoms with E-state index < -0.39 is 0 Å². The van der Waals surface area contributed by atoms with Gasteiger partial charge in [-0.25, -0.2) is 0 Å². The standard InChI is InChI=1S/C12H19N/c1-2-3-4-11-5-7-12(8-6-11)9-10-13/h5-8H,2-4,9-10,13H2,1H3. The van der Waals surface area contributed by atoms with E-state index in [0.717, 1.165) is 13.0 Å². The van der Waals surface area contributed by atoms with Gasteiger partial charge in [0, 0.05) is 0 Å². The minimum Gasteiger partial charge on any atom is -0.330 e. The van der Waals surface area contributed by atoms with Crippen molar-refractivity contribution >= 4 is 0 Å². The third kappa shape index (κ3) is 3.60. The lowest BCUT2D eigenvalue weighted by molar-refractivity contribution is 0.794. The highest BCUT2D eigenvalue weighted by atomic mass is 14.5. The Morgan fingerprint density at radius 1 is 1.00 bits per heavy atom. The van der Waals surface area contributed by atoms with Crippen LogP contribution in [0.25, 0.3) is 0 Å². The summed E-state index contributed by atoms with van der Waals surface area (Å²) in [5.41, 5.74) is 8.28. The van der Waals surface area contributed by atoms with E-state index in [1.165, 1.54) is 30.4 Å². The summed E-state index contributed by atoms with van der Waals surface area (Å²) in [6.45, 7) is 2.97. The van der Waals surface area contributed by atoms with Gasteiger partial charge in [-0.3, -0.25) is 0 Å². The monoisotopic (exact) mass is 177 g/mol. The molecule has 0 aromatic heterocycles. The molecule has 0 unspecified atom stereocenters. The topological polar surface area (TPSA) is 26.0 Å². The van der Waals surface area contributed by atoms with Gasteiger partial charge in [0.05, 0.1) is 0 Å². The number of nitrogens with two attached hydrogens (primary N) is 1. The molecule has 72 valence electrons. The second kappa shape index (κ2) is 5.76. The lowest BCUT2D eigenvalue weighted by atomic mass is 10.1. The van der Waals surface area contributed by atoms with E-state index in [0.29, 0.717) is 0 Å². The Kier molecular flexibility index (Phi) is 4.55. The molecule has 0 spiro atoms. The molecular weight excluding hydrogens is 158 g/mol. The normalized spacial score (nSPS) is 10.3. The van der Waals surface area contributed by atoms with Crippen molar-refractivity contribution in [2.45, 2.75) is 32.6 Å². The number of unbranched alkanes of at least 4 members (excludes halogenated alkanes) is 1. The van der Waals surface area contributed by atoms with Crippen LogP contribution in [0, 0.1) is 0 Å². The Balaban J connectivity index is 2.48. The first-order valence-electron chi connectivity index (χ1n) is 5.14. The third-order valence-electron chi connectivity index (χ3n) is 2.27. The van der Waals surface area contributed by atoms with Crippen LogP contribution in [0.2, 0.25) is 0 Å². The van der Waals surface area contributed by atoms with Gasteiger partial charge in [0.15, 0.2) is 0 Å². The maximum atomic E-state index is 5.48. The lowest BCUT2D eigenvalue weighted by Crippen LogP contribution is -2.02. The molecule has 0 saturated carbocycles. The molecule has 1 aromatic carbocycles. The Morgan fingerprint density at radius 3 is 2.00 bits per heavy atom. The van der Waals surface area contributed by atoms with Crippen LogP contribution in [0.3, 0.4) is 0 Å². The number of hydrogen-bond acceptors (Lipinski definition) is 1. The Bertz CT molecular complexity index is 225. The van der Waals surface area contributed by atoms with Crippen LogP contribution >= 0.6 is 0 Å². The first-order chi connectivity index (χ1) is 6.36. The van der Waals surface area contributed by atoms with Gasteiger partial charge in [0.25, 0.3) is 0 Å². The molecule has 0 aliphatic carbocycles. The maximum Gasteiger partial charge on any atom is -0.00367 e. The van der Waals surface area contributed by atoms with Crippen LogP contribution in [-0.4, -0.2) is 6.54 Å². The fourth-order valence-electron chi connectivity index (χ4n) is 1.42. The van der Waals surface area contributed by atoms with Crippen LogP contribution in [-0.2, 0) is 12.8 Å². The van der Waals surface area contributed by atoms with Gasteiger partial charge in [0.2, 0.25) is 0 Å². The molecule has 0 bridgehead atoms. The SMILES string of the molecule is CCCCc1ccc(CCN)cc1. The lowest BCUT2D eigenvalue weighted by Gasteiger charge is -2.02. The van der Waals surface area contributed by atoms with E-state index in [9.17, 15) is 0 Å². The Labute approximate surface area is 81.0 Å². The largest absolute Gasteiger partial charge is 0.330 e. The van der Waals surface area contributed by atoms with Crippen molar-refractivity contribution in [3.8, 4) is 0 Å². The van der Waals surface area contributed by atoms with Crippen molar-refractivity contribution in [3.63, 3.8) is 0 Å². The zero-order valence-electron chi connectivity index (χ0n) is 8.42. The minimum atomic E-state index is 0.744. The van der Waals surface area contributed by atoms with E-state index in [1.807, 2.05) is 0 Å². The molecule has 1 heteroatoms. The molecule has 2 N–H and O–H groups in total. The summed E-state index contributed by atoms with van der Waals surface area (Å²) in [6, 6.07) is 8.83. The van der Waals surface area contributed by atoms with Crippen molar-refractivity contribution in [2.24, 2.45) is 5.73 Å². The van der Waals surface area contributed by atoms with Crippen molar-refractivity contribution in [2.75, 3.05) is 6.54 Å². The molecule has 13 heavy (non-hydrogen) atoms. The summed E-state index contributed by atoms with van der Waals surface area (Å²) >= 11 is 0. The van der Waals surface area contributed by atoms with E-state index in [1.54, 1.807) is 0 Å². The van der Waals surface area contributed by atoms with Gasteiger partial charge < -0.3 is 5.73 Å². The van der Waals surface area contributed by atoms with Crippen molar-refractivity contribution in [1.82, 2.24) is 0 Å². The summed E-state index contributed by atoms with van der Waals surface area (Å²) in [5.74, 6) is 0. The molecule has 0 amide bonds. The average molecular weight is 177 g/mol. The van der Waals surface area contributed by atoms with Crippen LogP contribution in [0.5, 0.6) is 0 Å². The van der Waals surface area contributed by atoms with Crippen LogP contribution in [0.1, 0.15) is 30.9 Å². The first kappa shape index (κ1) is 10.3. The van der Waals surface area contributed by atoms with Gasteiger partial charge in [0.1, 0.15) is 0 Å². The highest BCUT2D eigenvalue weighted by Crippen LogP contribution is 2.07. The molecule has 0 aliphatic heterocycles. The summed E-state index contributed by atoms with van der Waals surface area (Å²) in [4.78, 5) is 0. The van der Waals surface area contributed by atoms with Gasteiger partial charge in [-0.2, -0.15) is 0 Å². The predicted molar refractivity (Wildman–Crippen MR) is 57.8 cm³/mol. The second-order valence-electron chi connectivity index (χ2n) is 3.46. The zero-order valence-corrected chi connectivity index (χ0v) is 8.42. The fourth-order valence-corrected chi connectivity index (χ4v) is 1.42. The van der Waals surface area contributed by atoms with Gasteiger partial charge in [-0.05, 0) is 36.9 Å². The van der Waals surface area contributed by atoms with Gasteiger partial charge in [-0.15, -0.1) is 0 Å². The molecular formula is C12H19N. The predicted octanol–water partition coefficient (Wildman–Crippen LogP) is 2.53. The Morgan fingerprint density at radius 2 is 1.54 bits per heavy atom. The van der Waals surface area contributed by atoms with Crippen molar-refractivity contribution in [1.29, 1.82) is 0 Å². The minimum absolute atomic E-state index is 0.744. The molecule has 1 aromatic rings. The van der Waals surface area contributed by atoms with E-state index in [2.05, 4.69) is 31.2 Å². The molecule has 0 saturated heterocycles. The highest BCUT2D eigenvalue weighted by Gasteiger charge is 1.93. The number of aryl methyl sites for hydroxylation is 1. The molecule has 0 atom stereocenters. The summed E-state index contributed by atoms with van der Waals surface area (Å²) in [6.07, 6.45) is 4.76. The Hall–Kier alpha value is -0.820. The van der Waals surface area contributed by atoms with Gasteiger partial charge in [-0.1, -0.05) is 37.6 Å². The smallest absolute Gasteiger partial charge is 0.00367 e. The summed E-state index contributed by atoms with van der Waals surface area (Å²) in [5, 5.41) is 0. The fraction of sp³-hybridized carbons (Fsp3) is 0.500. The number of rotatable bonds is 5. The van der Waals surface area contributed by atoms with Gasteiger partial charge >= 0.3 is 0 Å². The van der Waals surface area contributed by atoms with Crippen molar-refractivity contribution < 1.29 is 0 Å². The van der Waals surface area contributed by atoms with E-state index in [-0.39, 0.29) is 0 Å². The van der Waals surface area contributed by atoms with Crippen LogP contribution in [0.15, 0.2) is 24.3 Å². The third-order valence-corrected chi connectivity index (χ3v) is 2.27. The van der Waals surface area contributed by atoms with E-state index in [4.69, 9.17) is 5.73 Å². The second-order valence-corrected chi connectivity index (χ2v) is 3.46. The highest BCUT2D eigenvalue weighted by molar-refractivity contribution is 5.22. The van der Waals surface area contributed by atoms with Crippen LogP contribution in [0.4, 0.5) is 0 Å². The molecule has 1 rings (SSSR count). The summed E-state index contributed by atoms with van der Waals surface area (Å²) in [7, 11) is 0. The van der Waals surface area contributed by atoms with Crippen molar-refractivity contribution in [3.05, 3.63) is 35.4 Å². The molecule has 0 aliphatic rings. The number of benzene rings is 1. The van der Waals surface area contributed by atoms with E-state index >= 15 is 0 Å². The molecule has 1 nitrogen and oxygen atoms in total. The first-order valence-corrected chi connectivity index (χ1v) is 5.14. The maximum absolute atomic E-state index is 5.48.